The van der Waals surface area contributed by atoms with Gasteiger partial charge in [0, 0.05) is 20.4 Å². The van der Waals surface area contributed by atoms with Gasteiger partial charge in [-0.15, -0.1) is 0 Å². The van der Waals surface area contributed by atoms with Crippen molar-refractivity contribution >= 4 is 18.0 Å². The first-order valence-corrected chi connectivity index (χ1v) is 4.33. The highest BCUT2D eigenvalue weighted by Crippen LogP contribution is 2.17. The zero-order valence-corrected chi connectivity index (χ0v) is 8.40. The summed E-state index contributed by atoms with van der Waals surface area (Å²) < 4.78 is 4.25. The van der Waals surface area contributed by atoms with Crippen LogP contribution in [0.2, 0.25) is 0 Å². The minimum atomic E-state index is 1.05. The third-order valence-corrected chi connectivity index (χ3v) is 1.58. The van der Waals surface area contributed by atoms with Crippen LogP contribution in [0.1, 0.15) is 5.56 Å². The Morgan fingerprint density at radius 2 is 1.93 bits per heavy atom. The summed E-state index contributed by atoms with van der Waals surface area (Å²) in [6.07, 6.45) is 5.68. The number of hydrazone groups is 1. The van der Waals surface area contributed by atoms with E-state index in [1.165, 1.54) is 5.56 Å². The predicted molar refractivity (Wildman–Crippen MR) is 60.5 cm³/mol. The molecule has 14 heavy (non-hydrogen) atoms. The average molecular weight is 190 g/mol. The molecule has 0 amide bonds. The number of para-hydroxylation sites is 1. The molecule has 0 aromatic heterocycles. The maximum absolute atomic E-state index is 4.25. The van der Waals surface area contributed by atoms with E-state index < -0.39 is 0 Å². The van der Waals surface area contributed by atoms with Crippen molar-refractivity contribution in [3.8, 4) is 0 Å². The van der Waals surface area contributed by atoms with Gasteiger partial charge in [0.05, 0.1) is 5.69 Å². The fraction of sp³-hybridized carbons (Fsp3) is 0.182. The third-order valence-electron chi connectivity index (χ3n) is 1.58. The van der Waals surface area contributed by atoms with Gasteiger partial charge < -0.3 is 4.74 Å². The van der Waals surface area contributed by atoms with Gasteiger partial charge in [-0.25, -0.2) is 0 Å². The number of fused-ring (bicyclic) bond motifs is 1. The van der Waals surface area contributed by atoms with Crippen LogP contribution in [0.3, 0.4) is 0 Å². The van der Waals surface area contributed by atoms with Crippen molar-refractivity contribution in [3.63, 3.8) is 0 Å². The van der Waals surface area contributed by atoms with E-state index in [0.717, 1.165) is 5.69 Å². The molecule has 1 aliphatic heterocycles. The van der Waals surface area contributed by atoms with Crippen LogP contribution in [0.15, 0.2) is 35.4 Å². The standard InChI is InChI=1S/C9H8N2.C2H6O/c1-2-6-9-8(4-1)5-3-7-10-11-9;1-3-2/h1-7,11H;1-2H3. The molecule has 2 rings (SSSR count). The van der Waals surface area contributed by atoms with Crippen LogP contribution in [0.25, 0.3) is 6.08 Å². The number of rotatable bonds is 0. The first kappa shape index (κ1) is 10.5. The summed E-state index contributed by atoms with van der Waals surface area (Å²) in [5, 5.41) is 3.95. The monoisotopic (exact) mass is 190 g/mol. The molecule has 1 aliphatic rings. The topological polar surface area (TPSA) is 33.6 Å². The molecule has 1 N–H and O–H groups in total. The summed E-state index contributed by atoms with van der Waals surface area (Å²) in [4.78, 5) is 0. The number of hydrogen-bond donors (Lipinski definition) is 1. The van der Waals surface area contributed by atoms with Crippen LogP contribution in [-0.2, 0) is 4.74 Å². The maximum atomic E-state index is 4.25. The molecule has 0 atom stereocenters. The van der Waals surface area contributed by atoms with Crippen LogP contribution in [0.5, 0.6) is 0 Å². The Bertz CT molecular complexity index is 332. The van der Waals surface area contributed by atoms with Crippen molar-refractivity contribution in [3.05, 3.63) is 35.9 Å². The van der Waals surface area contributed by atoms with Crippen LogP contribution in [-0.4, -0.2) is 20.4 Å². The van der Waals surface area contributed by atoms with Crippen LogP contribution in [0, 0.1) is 0 Å². The predicted octanol–water partition coefficient (Wildman–Crippen LogP) is 2.37. The molecular weight excluding hydrogens is 176 g/mol. The van der Waals surface area contributed by atoms with Gasteiger partial charge in [-0.05, 0) is 17.7 Å². The summed E-state index contributed by atoms with van der Waals surface area (Å²) >= 11 is 0. The Hall–Kier alpha value is -1.61. The molecule has 0 aliphatic carbocycles. The first-order valence-electron chi connectivity index (χ1n) is 4.33. The zero-order chi connectivity index (χ0) is 10.2. The molecule has 0 spiro atoms. The largest absolute Gasteiger partial charge is 0.388 e. The Morgan fingerprint density at radius 3 is 2.71 bits per heavy atom. The number of methoxy groups -OCH3 is 1. The molecule has 0 unspecified atom stereocenters. The highest BCUT2D eigenvalue weighted by molar-refractivity contribution is 5.83. The third kappa shape index (κ3) is 3.03. The minimum absolute atomic E-state index is 1.05. The molecule has 0 bridgehead atoms. The number of nitrogens with one attached hydrogen (secondary N) is 1. The lowest BCUT2D eigenvalue weighted by molar-refractivity contribution is 0.277. The van der Waals surface area contributed by atoms with Gasteiger partial charge in [0.15, 0.2) is 0 Å². The molecule has 1 aromatic rings. The summed E-state index contributed by atoms with van der Waals surface area (Å²) in [6.45, 7) is 0. The van der Waals surface area contributed by atoms with Crippen molar-refractivity contribution in [1.82, 2.24) is 0 Å². The Balaban J connectivity index is 0.000000293. The van der Waals surface area contributed by atoms with E-state index >= 15 is 0 Å². The quantitative estimate of drug-likeness (QED) is 0.681. The summed E-state index contributed by atoms with van der Waals surface area (Å²) in [5.41, 5.74) is 5.16. The van der Waals surface area contributed by atoms with E-state index in [9.17, 15) is 0 Å². The van der Waals surface area contributed by atoms with Gasteiger partial charge >= 0.3 is 0 Å². The number of benzene rings is 1. The van der Waals surface area contributed by atoms with Crippen LogP contribution >= 0.6 is 0 Å². The van der Waals surface area contributed by atoms with E-state index in [4.69, 9.17) is 0 Å². The van der Waals surface area contributed by atoms with Crippen LogP contribution < -0.4 is 5.43 Å². The smallest absolute Gasteiger partial charge is 0.0634 e. The van der Waals surface area contributed by atoms with Gasteiger partial charge in [-0.3, -0.25) is 5.43 Å². The number of hydrogen-bond acceptors (Lipinski definition) is 3. The number of allylic oxidation sites excluding steroid dienone is 1. The van der Waals surface area contributed by atoms with Gasteiger partial charge in [0.25, 0.3) is 0 Å². The second-order valence-corrected chi connectivity index (χ2v) is 2.74. The summed E-state index contributed by atoms with van der Waals surface area (Å²) in [5.74, 6) is 0. The number of ether oxygens (including phenoxy) is 1. The van der Waals surface area contributed by atoms with E-state index in [1.807, 2.05) is 36.4 Å². The van der Waals surface area contributed by atoms with Gasteiger partial charge in [-0.2, -0.15) is 5.10 Å². The molecule has 3 nitrogen and oxygen atoms in total. The summed E-state index contributed by atoms with van der Waals surface area (Å²) in [6, 6.07) is 8.05. The lowest BCUT2D eigenvalue weighted by atomic mass is 10.2. The van der Waals surface area contributed by atoms with E-state index in [1.54, 1.807) is 20.4 Å². The molecule has 0 radical (unpaired) electrons. The number of anilines is 1. The van der Waals surface area contributed by atoms with Gasteiger partial charge in [0.2, 0.25) is 0 Å². The van der Waals surface area contributed by atoms with Crippen molar-refractivity contribution in [2.45, 2.75) is 0 Å². The normalized spacial score (nSPS) is 11.9. The molecule has 0 fully saturated rings. The average Bonchev–Trinajstić information content (AvgIpc) is 2.43. The van der Waals surface area contributed by atoms with Crippen molar-refractivity contribution < 1.29 is 4.74 Å². The highest BCUT2D eigenvalue weighted by atomic mass is 16.4. The SMILES string of the molecule is C1=Cc2ccccc2NN=C1.COC. The minimum Gasteiger partial charge on any atom is -0.388 e. The maximum Gasteiger partial charge on any atom is 0.0634 e. The molecule has 0 saturated carbocycles. The Kier molecular flexibility index (Phi) is 4.44. The Labute approximate surface area is 84.1 Å². The van der Waals surface area contributed by atoms with Crippen molar-refractivity contribution in [2.24, 2.45) is 5.10 Å². The highest BCUT2D eigenvalue weighted by Gasteiger charge is 1.96. The summed E-state index contributed by atoms with van der Waals surface area (Å²) in [7, 11) is 3.25. The zero-order valence-electron chi connectivity index (χ0n) is 8.40. The second kappa shape index (κ2) is 5.94. The van der Waals surface area contributed by atoms with Crippen molar-refractivity contribution in [2.75, 3.05) is 19.6 Å². The van der Waals surface area contributed by atoms with E-state index in [2.05, 4.69) is 15.3 Å². The van der Waals surface area contributed by atoms with E-state index in [0.29, 0.717) is 0 Å². The molecule has 3 heteroatoms. The fourth-order valence-electron chi connectivity index (χ4n) is 1.04. The first-order chi connectivity index (χ1) is 6.88. The molecule has 1 aromatic carbocycles. The molecule has 74 valence electrons. The second-order valence-electron chi connectivity index (χ2n) is 2.74. The van der Waals surface area contributed by atoms with Crippen LogP contribution in [0.4, 0.5) is 5.69 Å². The lowest BCUT2D eigenvalue weighted by Crippen LogP contribution is -1.87. The van der Waals surface area contributed by atoms with Gasteiger partial charge in [0.1, 0.15) is 0 Å². The lowest BCUT2D eigenvalue weighted by Gasteiger charge is -2.00. The molecule has 0 saturated heterocycles. The number of nitrogens with zero attached hydrogens (tertiary/aromatic N) is 1. The fourth-order valence-corrected chi connectivity index (χ4v) is 1.04. The molecule has 1 heterocycles. The Morgan fingerprint density at radius 1 is 1.21 bits per heavy atom. The van der Waals surface area contributed by atoms with E-state index in [-0.39, 0.29) is 0 Å². The van der Waals surface area contributed by atoms with Crippen molar-refractivity contribution in [1.29, 1.82) is 0 Å². The van der Waals surface area contributed by atoms with Gasteiger partial charge in [-0.1, -0.05) is 24.3 Å². The molecular formula is C11H14N2O.